The predicted octanol–water partition coefficient (Wildman–Crippen LogP) is 3.14. The van der Waals surface area contributed by atoms with Gasteiger partial charge in [0.05, 0.1) is 0 Å². The van der Waals surface area contributed by atoms with Crippen LogP contribution in [0, 0.1) is 5.82 Å². The molecule has 3 nitrogen and oxygen atoms in total. The van der Waals surface area contributed by atoms with Gasteiger partial charge in [0.15, 0.2) is 0 Å². The molecule has 20 heavy (non-hydrogen) atoms. The molecule has 0 saturated carbocycles. The number of para-hydroxylation sites is 1. The Bertz CT molecular complexity index is 594. The molecule has 0 aromatic heterocycles. The molecule has 2 aromatic carbocycles. The van der Waals surface area contributed by atoms with Crippen molar-refractivity contribution < 1.29 is 9.18 Å². The number of anilines is 1. The summed E-state index contributed by atoms with van der Waals surface area (Å²) in [4.78, 5) is 14.1. The van der Waals surface area contributed by atoms with Gasteiger partial charge in [-0.2, -0.15) is 0 Å². The lowest BCUT2D eigenvalue weighted by molar-refractivity contribution is 0.102. The largest absolute Gasteiger partial charge is 0.322 e. The second-order valence-corrected chi connectivity index (χ2v) is 4.86. The van der Waals surface area contributed by atoms with Gasteiger partial charge in [-0.3, -0.25) is 4.79 Å². The van der Waals surface area contributed by atoms with Crippen molar-refractivity contribution in [3.63, 3.8) is 0 Å². The fourth-order valence-electron chi connectivity index (χ4n) is 1.92. The summed E-state index contributed by atoms with van der Waals surface area (Å²) in [5.74, 6) is -0.592. The molecular formula is C16H17FN2O. The Kier molecular flexibility index (Phi) is 4.48. The van der Waals surface area contributed by atoms with Crippen molar-refractivity contribution in [3.05, 3.63) is 65.5 Å². The maximum absolute atomic E-state index is 12.8. The molecule has 0 radical (unpaired) electrons. The Morgan fingerprint density at radius 2 is 1.75 bits per heavy atom. The van der Waals surface area contributed by atoms with Gasteiger partial charge < -0.3 is 10.2 Å². The van der Waals surface area contributed by atoms with Crippen molar-refractivity contribution in [2.75, 3.05) is 19.4 Å². The summed E-state index contributed by atoms with van der Waals surface area (Å²) in [6.07, 6.45) is 0. The topological polar surface area (TPSA) is 32.3 Å². The summed E-state index contributed by atoms with van der Waals surface area (Å²) in [5.41, 5.74) is 2.24. The molecule has 104 valence electrons. The van der Waals surface area contributed by atoms with E-state index >= 15 is 0 Å². The molecule has 0 aliphatic carbocycles. The van der Waals surface area contributed by atoms with Crippen LogP contribution >= 0.6 is 0 Å². The fourth-order valence-corrected chi connectivity index (χ4v) is 1.92. The van der Waals surface area contributed by atoms with Gasteiger partial charge in [0.2, 0.25) is 0 Å². The fraction of sp³-hybridized carbons (Fsp3) is 0.188. The highest BCUT2D eigenvalue weighted by Gasteiger charge is 2.09. The van der Waals surface area contributed by atoms with E-state index in [0.29, 0.717) is 5.56 Å². The van der Waals surface area contributed by atoms with Gasteiger partial charge in [0, 0.05) is 17.8 Å². The number of nitrogens with one attached hydrogen (secondary N) is 1. The summed E-state index contributed by atoms with van der Waals surface area (Å²) in [6.45, 7) is 0.736. The number of carbonyl (C=O) groups excluding carboxylic acids is 1. The molecule has 0 aliphatic heterocycles. The van der Waals surface area contributed by atoms with Crippen LogP contribution in [0.2, 0.25) is 0 Å². The molecule has 0 spiro atoms. The summed E-state index contributed by atoms with van der Waals surface area (Å²) in [5, 5.41) is 2.86. The van der Waals surface area contributed by atoms with Gasteiger partial charge in [-0.1, -0.05) is 18.2 Å². The molecule has 2 rings (SSSR count). The van der Waals surface area contributed by atoms with Crippen molar-refractivity contribution in [2.24, 2.45) is 0 Å². The summed E-state index contributed by atoms with van der Waals surface area (Å²) in [6, 6.07) is 13.1. The summed E-state index contributed by atoms with van der Waals surface area (Å²) >= 11 is 0. The Hall–Kier alpha value is -2.20. The molecule has 0 saturated heterocycles. The normalized spacial score (nSPS) is 10.6. The van der Waals surface area contributed by atoms with Crippen molar-refractivity contribution in [1.29, 1.82) is 0 Å². The zero-order chi connectivity index (χ0) is 14.5. The van der Waals surface area contributed by atoms with Crippen LogP contribution in [0.4, 0.5) is 10.1 Å². The van der Waals surface area contributed by atoms with Gasteiger partial charge in [-0.25, -0.2) is 4.39 Å². The minimum absolute atomic E-state index is 0.240. The molecule has 1 amide bonds. The molecular weight excluding hydrogens is 255 g/mol. The molecule has 0 atom stereocenters. The van der Waals surface area contributed by atoms with Gasteiger partial charge in [0.25, 0.3) is 5.91 Å². The van der Waals surface area contributed by atoms with Crippen molar-refractivity contribution in [3.8, 4) is 0 Å². The lowest BCUT2D eigenvalue weighted by atomic mass is 10.1. The lowest BCUT2D eigenvalue weighted by Gasteiger charge is -2.14. The van der Waals surface area contributed by atoms with Crippen LogP contribution in [0.15, 0.2) is 48.5 Å². The second kappa shape index (κ2) is 6.30. The van der Waals surface area contributed by atoms with Crippen LogP contribution in [0.3, 0.4) is 0 Å². The molecule has 0 heterocycles. The Labute approximate surface area is 118 Å². The van der Waals surface area contributed by atoms with Crippen LogP contribution in [0.5, 0.6) is 0 Å². The highest BCUT2D eigenvalue weighted by Crippen LogP contribution is 2.17. The third kappa shape index (κ3) is 3.65. The zero-order valence-corrected chi connectivity index (χ0v) is 11.6. The first-order chi connectivity index (χ1) is 9.56. The number of hydrogen-bond donors (Lipinski definition) is 1. The Balaban J connectivity index is 2.17. The predicted molar refractivity (Wildman–Crippen MR) is 78.2 cm³/mol. The molecule has 4 heteroatoms. The van der Waals surface area contributed by atoms with Crippen molar-refractivity contribution >= 4 is 11.6 Å². The number of halogens is 1. The third-order valence-electron chi connectivity index (χ3n) is 2.86. The molecule has 0 unspecified atom stereocenters. The van der Waals surface area contributed by atoms with E-state index in [9.17, 15) is 9.18 Å². The molecule has 1 N–H and O–H groups in total. The average Bonchev–Trinajstić information content (AvgIpc) is 2.41. The first-order valence-electron chi connectivity index (χ1n) is 6.36. The maximum Gasteiger partial charge on any atom is 0.255 e. The highest BCUT2D eigenvalue weighted by atomic mass is 19.1. The van der Waals surface area contributed by atoms with E-state index in [1.54, 1.807) is 0 Å². The molecule has 0 fully saturated rings. The van der Waals surface area contributed by atoms with E-state index in [1.807, 2.05) is 43.3 Å². The van der Waals surface area contributed by atoms with Gasteiger partial charge in [-0.15, -0.1) is 0 Å². The molecule has 0 bridgehead atoms. The van der Waals surface area contributed by atoms with Crippen molar-refractivity contribution in [1.82, 2.24) is 4.90 Å². The van der Waals surface area contributed by atoms with Crippen molar-refractivity contribution in [2.45, 2.75) is 6.54 Å². The minimum Gasteiger partial charge on any atom is -0.322 e. The van der Waals surface area contributed by atoms with Crippen LogP contribution in [0.1, 0.15) is 15.9 Å². The van der Waals surface area contributed by atoms with Gasteiger partial charge in [-0.05, 0) is 50.0 Å². The SMILES string of the molecule is CN(C)Cc1ccccc1NC(=O)c1ccc(F)cc1. The first kappa shape index (κ1) is 14.2. The summed E-state index contributed by atoms with van der Waals surface area (Å²) in [7, 11) is 3.94. The van der Waals surface area contributed by atoms with E-state index in [-0.39, 0.29) is 11.7 Å². The van der Waals surface area contributed by atoms with Gasteiger partial charge in [0.1, 0.15) is 5.82 Å². The number of amides is 1. The zero-order valence-electron chi connectivity index (χ0n) is 11.6. The van der Waals surface area contributed by atoms with Gasteiger partial charge >= 0.3 is 0 Å². The van der Waals surface area contributed by atoms with Crippen LogP contribution in [-0.4, -0.2) is 24.9 Å². The quantitative estimate of drug-likeness (QED) is 0.927. The number of nitrogens with zero attached hydrogens (tertiary/aromatic N) is 1. The second-order valence-electron chi connectivity index (χ2n) is 4.86. The highest BCUT2D eigenvalue weighted by molar-refractivity contribution is 6.04. The van der Waals surface area contributed by atoms with E-state index in [4.69, 9.17) is 0 Å². The lowest BCUT2D eigenvalue weighted by Crippen LogP contribution is -2.16. The smallest absolute Gasteiger partial charge is 0.255 e. The standard InChI is InChI=1S/C16H17FN2O/c1-19(2)11-13-5-3-4-6-15(13)18-16(20)12-7-9-14(17)10-8-12/h3-10H,11H2,1-2H3,(H,18,20). The van der Waals surface area contributed by atoms with Crippen LogP contribution in [-0.2, 0) is 6.54 Å². The van der Waals surface area contributed by atoms with Crippen LogP contribution < -0.4 is 5.32 Å². The minimum atomic E-state index is -0.352. The van der Waals surface area contributed by atoms with Crippen LogP contribution in [0.25, 0.3) is 0 Å². The van der Waals surface area contributed by atoms with E-state index in [0.717, 1.165) is 17.8 Å². The monoisotopic (exact) mass is 272 g/mol. The number of carbonyl (C=O) groups is 1. The average molecular weight is 272 g/mol. The molecule has 0 aliphatic rings. The third-order valence-corrected chi connectivity index (χ3v) is 2.86. The maximum atomic E-state index is 12.8. The number of rotatable bonds is 4. The van der Waals surface area contributed by atoms with E-state index < -0.39 is 0 Å². The van der Waals surface area contributed by atoms with E-state index in [1.165, 1.54) is 24.3 Å². The Morgan fingerprint density at radius 1 is 1.10 bits per heavy atom. The number of benzene rings is 2. The summed E-state index contributed by atoms with van der Waals surface area (Å²) < 4.78 is 12.8. The Morgan fingerprint density at radius 3 is 2.40 bits per heavy atom. The number of hydrogen-bond acceptors (Lipinski definition) is 2. The van der Waals surface area contributed by atoms with E-state index in [2.05, 4.69) is 5.32 Å². The first-order valence-corrected chi connectivity index (χ1v) is 6.36. The molecule has 2 aromatic rings.